The number of thioether (sulfide) groups is 1. The van der Waals surface area contributed by atoms with E-state index in [9.17, 15) is 4.79 Å². The van der Waals surface area contributed by atoms with E-state index in [1.54, 1.807) is 11.8 Å². The number of carbonyl (C=O) groups excluding carboxylic acids is 1. The Bertz CT molecular complexity index is 396. The molecule has 1 aliphatic rings. The van der Waals surface area contributed by atoms with Crippen LogP contribution < -0.4 is 0 Å². The average Bonchev–Trinajstić information content (AvgIpc) is 2.72. The van der Waals surface area contributed by atoms with Crippen LogP contribution in [0.3, 0.4) is 0 Å². The highest BCUT2D eigenvalue weighted by Crippen LogP contribution is 2.27. The fourth-order valence-corrected chi connectivity index (χ4v) is 2.99. The van der Waals surface area contributed by atoms with Gasteiger partial charge in [-0.3, -0.25) is 4.79 Å². The maximum absolute atomic E-state index is 11.5. The number of hydrogen-bond donors (Lipinski definition) is 0. The first kappa shape index (κ1) is 11.7. The second-order valence-corrected chi connectivity index (χ2v) is 5.74. The predicted molar refractivity (Wildman–Crippen MR) is 69.0 cm³/mol. The van der Waals surface area contributed by atoms with Crippen molar-refractivity contribution in [2.45, 2.75) is 38.0 Å². The monoisotopic (exact) mass is 234 g/mol. The lowest BCUT2D eigenvalue weighted by atomic mass is 10.1. The fourth-order valence-electron chi connectivity index (χ4n) is 1.96. The molecule has 0 aliphatic heterocycles. The molecule has 0 saturated carbocycles. The Labute approximate surface area is 102 Å². The quantitative estimate of drug-likeness (QED) is 0.742. The molecule has 0 spiro atoms. The first-order valence-electron chi connectivity index (χ1n) is 5.94. The molecule has 1 nitrogen and oxygen atoms in total. The van der Waals surface area contributed by atoms with Gasteiger partial charge in [0, 0.05) is 10.8 Å². The van der Waals surface area contributed by atoms with Crippen molar-refractivity contribution < 1.29 is 4.79 Å². The summed E-state index contributed by atoms with van der Waals surface area (Å²) < 4.78 is 0. The van der Waals surface area contributed by atoms with Crippen LogP contribution in [-0.2, 0) is 17.6 Å². The van der Waals surface area contributed by atoms with Crippen LogP contribution in [0.1, 0.15) is 31.4 Å². The SMILES string of the molecule is CC(C)C(=O)CSc1ccc2c(c1)CCC2. The minimum atomic E-state index is 0.155. The molecule has 0 aromatic heterocycles. The van der Waals surface area contributed by atoms with Crippen LogP contribution in [0.5, 0.6) is 0 Å². The minimum absolute atomic E-state index is 0.155. The zero-order valence-corrected chi connectivity index (χ0v) is 10.8. The second kappa shape index (κ2) is 5.05. The molecular formula is C14H18OS. The minimum Gasteiger partial charge on any atom is -0.298 e. The Morgan fingerprint density at radius 3 is 2.81 bits per heavy atom. The highest BCUT2D eigenvalue weighted by Gasteiger charge is 2.12. The molecule has 86 valence electrons. The summed E-state index contributed by atoms with van der Waals surface area (Å²) in [5, 5.41) is 0. The normalized spacial score (nSPS) is 14.2. The number of aryl methyl sites for hydroxylation is 2. The van der Waals surface area contributed by atoms with E-state index in [4.69, 9.17) is 0 Å². The summed E-state index contributed by atoms with van der Waals surface area (Å²) >= 11 is 1.67. The third-order valence-corrected chi connectivity index (χ3v) is 4.11. The van der Waals surface area contributed by atoms with E-state index >= 15 is 0 Å². The molecule has 0 bridgehead atoms. The Morgan fingerprint density at radius 1 is 1.31 bits per heavy atom. The van der Waals surface area contributed by atoms with Crippen molar-refractivity contribution >= 4 is 17.5 Å². The van der Waals surface area contributed by atoms with E-state index < -0.39 is 0 Å². The van der Waals surface area contributed by atoms with Gasteiger partial charge in [0.15, 0.2) is 0 Å². The van der Waals surface area contributed by atoms with E-state index in [1.807, 2.05) is 13.8 Å². The van der Waals surface area contributed by atoms with Gasteiger partial charge in [-0.2, -0.15) is 0 Å². The summed E-state index contributed by atoms with van der Waals surface area (Å²) in [5.41, 5.74) is 2.99. The maximum Gasteiger partial charge on any atom is 0.145 e. The van der Waals surface area contributed by atoms with Gasteiger partial charge in [0.05, 0.1) is 5.75 Å². The van der Waals surface area contributed by atoms with E-state index in [1.165, 1.54) is 35.3 Å². The molecule has 0 atom stereocenters. The molecule has 0 heterocycles. The molecule has 0 amide bonds. The predicted octanol–water partition coefficient (Wildman–Crippen LogP) is 3.49. The van der Waals surface area contributed by atoms with Gasteiger partial charge in [0.2, 0.25) is 0 Å². The highest BCUT2D eigenvalue weighted by molar-refractivity contribution is 8.00. The maximum atomic E-state index is 11.5. The highest BCUT2D eigenvalue weighted by atomic mass is 32.2. The number of hydrogen-bond acceptors (Lipinski definition) is 2. The lowest BCUT2D eigenvalue weighted by Gasteiger charge is -2.06. The Hall–Kier alpha value is -0.760. The largest absolute Gasteiger partial charge is 0.298 e. The Balaban J connectivity index is 1.98. The van der Waals surface area contributed by atoms with Crippen LogP contribution in [0, 0.1) is 5.92 Å². The molecule has 1 aromatic carbocycles. The Kier molecular flexibility index (Phi) is 3.70. The molecule has 2 heteroatoms. The summed E-state index contributed by atoms with van der Waals surface area (Å²) in [4.78, 5) is 12.8. The topological polar surface area (TPSA) is 17.1 Å². The summed E-state index contributed by atoms with van der Waals surface area (Å²) in [5.74, 6) is 1.10. The fraction of sp³-hybridized carbons (Fsp3) is 0.500. The van der Waals surface area contributed by atoms with E-state index in [0.29, 0.717) is 11.5 Å². The van der Waals surface area contributed by atoms with Gasteiger partial charge < -0.3 is 0 Å². The zero-order chi connectivity index (χ0) is 11.5. The van der Waals surface area contributed by atoms with Crippen molar-refractivity contribution in [1.82, 2.24) is 0 Å². The third-order valence-electron chi connectivity index (χ3n) is 3.10. The van der Waals surface area contributed by atoms with Gasteiger partial charge in [-0.25, -0.2) is 0 Å². The average molecular weight is 234 g/mol. The number of benzene rings is 1. The standard InChI is InChI=1S/C14H18OS/c1-10(2)14(15)9-16-13-7-6-11-4-3-5-12(11)8-13/h6-8,10H,3-5,9H2,1-2H3. The molecule has 2 rings (SSSR count). The van der Waals surface area contributed by atoms with Crippen molar-refractivity contribution in [2.24, 2.45) is 5.92 Å². The lowest BCUT2D eigenvalue weighted by molar-refractivity contribution is -0.119. The van der Waals surface area contributed by atoms with E-state index in [-0.39, 0.29) is 5.92 Å². The van der Waals surface area contributed by atoms with Crippen LogP contribution in [-0.4, -0.2) is 11.5 Å². The molecule has 16 heavy (non-hydrogen) atoms. The summed E-state index contributed by atoms with van der Waals surface area (Å²) in [6.45, 7) is 3.93. The number of rotatable bonds is 4. The van der Waals surface area contributed by atoms with Crippen molar-refractivity contribution in [3.8, 4) is 0 Å². The van der Waals surface area contributed by atoms with E-state index in [0.717, 1.165) is 0 Å². The smallest absolute Gasteiger partial charge is 0.145 e. The zero-order valence-electron chi connectivity index (χ0n) is 9.95. The number of carbonyl (C=O) groups is 1. The molecule has 1 aliphatic carbocycles. The van der Waals surface area contributed by atoms with Crippen LogP contribution in [0.15, 0.2) is 23.1 Å². The Morgan fingerprint density at radius 2 is 2.06 bits per heavy atom. The van der Waals surface area contributed by atoms with Crippen molar-refractivity contribution in [2.75, 3.05) is 5.75 Å². The molecule has 0 radical (unpaired) electrons. The first-order valence-corrected chi connectivity index (χ1v) is 6.92. The van der Waals surface area contributed by atoms with Gasteiger partial charge in [0.1, 0.15) is 5.78 Å². The number of Topliss-reactive ketones (excluding diaryl/α,β-unsaturated/α-hetero) is 1. The molecular weight excluding hydrogens is 216 g/mol. The molecule has 0 fully saturated rings. The molecule has 0 unspecified atom stereocenters. The summed E-state index contributed by atoms with van der Waals surface area (Å²) in [7, 11) is 0. The second-order valence-electron chi connectivity index (χ2n) is 4.69. The van der Waals surface area contributed by atoms with Crippen LogP contribution in [0.2, 0.25) is 0 Å². The number of fused-ring (bicyclic) bond motifs is 1. The first-order chi connectivity index (χ1) is 7.66. The van der Waals surface area contributed by atoms with Crippen molar-refractivity contribution in [1.29, 1.82) is 0 Å². The van der Waals surface area contributed by atoms with Crippen LogP contribution in [0.4, 0.5) is 0 Å². The van der Waals surface area contributed by atoms with Gasteiger partial charge in [0.25, 0.3) is 0 Å². The van der Waals surface area contributed by atoms with Gasteiger partial charge in [-0.05, 0) is 42.5 Å². The van der Waals surface area contributed by atoms with Gasteiger partial charge in [-0.1, -0.05) is 19.9 Å². The third kappa shape index (κ3) is 2.67. The lowest BCUT2D eigenvalue weighted by Crippen LogP contribution is -2.09. The molecule has 0 saturated heterocycles. The van der Waals surface area contributed by atoms with Gasteiger partial charge >= 0.3 is 0 Å². The van der Waals surface area contributed by atoms with Crippen LogP contribution in [0.25, 0.3) is 0 Å². The van der Waals surface area contributed by atoms with Crippen molar-refractivity contribution in [3.63, 3.8) is 0 Å². The summed E-state index contributed by atoms with van der Waals surface area (Å²) in [6.07, 6.45) is 3.72. The van der Waals surface area contributed by atoms with Crippen LogP contribution >= 0.6 is 11.8 Å². The molecule has 1 aromatic rings. The van der Waals surface area contributed by atoms with Gasteiger partial charge in [-0.15, -0.1) is 11.8 Å². The van der Waals surface area contributed by atoms with E-state index in [2.05, 4.69) is 18.2 Å². The van der Waals surface area contributed by atoms with Crippen molar-refractivity contribution in [3.05, 3.63) is 29.3 Å². The molecule has 0 N–H and O–H groups in total. The summed E-state index contributed by atoms with van der Waals surface area (Å²) in [6, 6.07) is 6.65. The number of ketones is 1.